The Morgan fingerprint density at radius 2 is 2.20 bits per heavy atom. The molecule has 0 N–H and O–H groups in total. The van der Waals surface area contributed by atoms with Gasteiger partial charge >= 0.3 is 0 Å². The number of ether oxygens (including phenoxy) is 1. The molecule has 0 saturated carbocycles. The van der Waals surface area contributed by atoms with E-state index in [0.29, 0.717) is 12.0 Å². The highest BCUT2D eigenvalue weighted by Crippen LogP contribution is 2.11. The van der Waals surface area contributed by atoms with Crippen molar-refractivity contribution < 1.29 is 4.74 Å². The Bertz CT molecular complexity index is 103. The molecule has 2 heteroatoms. The van der Waals surface area contributed by atoms with Gasteiger partial charge in [0.25, 0.3) is 0 Å². The normalized spacial score (nSPS) is 29.4. The molecule has 1 saturated heterocycles. The molecule has 60 valence electrons. The summed E-state index contributed by atoms with van der Waals surface area (Å²) in [6.07, 6.45) is 0.457. The van der Waals surface area contributed by atoms with Crippen molar-refractivity contribution in [3.63, 3.8) is 0 Å². The molecular formula is C8H17NO. The molecule has 1 aliphatic heterocycles. The molecular weight excluding hydrogens is 126 g/mol. The lowest BCUT2D eigenvalue weighted by Crippen LogP contribution is -2.42. The lowest BCUT2D eigenvalue weighted by Gasteiger charge is -2.32. The number of rotatable bonds is 1. The minimum atomic E-state index is 0.457. The minimum Gasteiger partial charge on any atom is -0.375 e. The summed E-state index contributed by atoms with van der Waals surface area (Å²) in [4.78, 5) is 2.33. The fourth-order valence-corrected chi connectivity index (χ4v) is 1.21. The largest absolute Gasteiger partial charge is 0.375 e. The van der Waals surface area contributed by atoms with Crippen molar-refractivity contribution in [3.05, 3.63) is 0 Å². The van der Waals surface area contributed by atoms with Crippen LogP contribution in [-0.4, -0.2) is 37.7 Å². The Labute approximate surface area is 63.2 Å². The highest BCUT2D eigenvalue weighted by atomic mass is 16.5. The lowest BCUT2D eigenvalue weighted by atomic mass is 10.1. The lowest BCUT2D eigenvalue weighted by molar-refractivity contribution is -0.0424. The van der Waals surface area contributed by atoms with E-state index in [1.165, 1.54) is 0 Å². The first-order valence-electron chi connectivity index (χ1n) is 4.00. The van der Waals surface area contributed by atoms with Gasteiger partial charge in [0, 0.05) is 13.1 Å². The molecule has 0 aromatic rings. The number of morpholine rings is 1. The predicted molar refractivity (Wildman–Crippen MR) is 42.1 cm³/mol. The second-order valence-corrected chi connectivity index (χ2v) is 3.42. The van der Waals surface area contributed by atoms with Crippen LogP contribution in [0.1, 0.15) is 13.8 Å². The molecule has 2 nitrogen and oxygen atoms in total. The zero-order chi connectivity index (χ0) is 7.56. The van der Waals surface area contributed by atoms with E-state index in [9.17, 15) is 0 Å². The van der Waals surface area contributed by atoms with Crippen LogP contribution in [-0.2, 0) is 4.74 Å². The maximum Gasteiger partial charge on any atom is 0.0725 e. The molecule has 0 bridgehead atoms. The van der Waals surface area contributed by atoms with E-state index in [1.807, 2.05) is 0 Å². The Morgan fingerprint density at radius 3 is 2.60 bits per heavy atom. The van der Waals surface area contributed by atoms with Gasteiger partial charge in [-0.3, -0.25) is 0 Å². The zero-order valence-corrected chi connectivity index (χ0v) is 7.13. The van der Waals surface area contributed by atoms with Crippen molar-refractivity contribution in [2.24, 2.45) is 5.92 Å². The third-order valence-corrected chi connectivity index (χ3v) is 2.04. The smallest absolute Gasteiger partial charge is 0.0725 e. The molecule has 0 unspecified atom stereocenters. The van der Waals surface area contributed by atoms with Crippen molar-refractivity contribution >= 4 is 0 Å². The molecule has 0 aliphatic carbocycles. The monoisotopic (exact) mass is 143 g/mol. The number of likely N-dealkylation sites (N-methyl/N-ethyl adjacent to an activating group) is 1. The van der Waals surface area contributed by atoms with E-state index < -0.39 is 0 Å². The second-order valence-electron chi connectivity index (χ2n) is 3.42. The van der Waals surface area contributed by atoms with Gasteiger partial charge in [-0.1, -0.05) is 13.8 Å². The summed E-state index contributed by atoms with van der Waals surface area (Å²) >= 11 is 0. The highest BCUT2D eigenvalue weighted by molar-refractivity contribution is 4.70. The van der Waals surface area contributed by atoms with Crippen LogP contribution in [0.15, 0.2) is 0 Å². The first-order valence-corrected chi connectivity index (χ1v) is 4.00. The fourth-order valence-electron chi connectivity index (χ4n) is 1.21. The molecule has 0 aromatic heterocycles. The summed E-state index contributed by atoms with van der Waals surface area (Å²) in [5, 5.41) is 0. The Balaban J connectivity index is 2.32. The number of hydrogen-bond acceptors (Lipinski definition) is 2. The first kappa shape index (κ1) is 8.02. The Morgan fingerprint density at radius 1 is 1.50 bits per heavy atom. The molecule has 0 radical (unpaired) electrons. The fraction of sp³-hybridized carbons (Fsp3) is 1.00. The van der Waals surface area contributed by atoms with Gasteiger partial charge in [0.2, 0.25) is 0 Å². The second kappa shape index (κ2) is 3.35. The van der Waals surface area contributed by atoms with Crippen molar-refractivity contribution in [3.8, 4) is 0 Å². The maximum atomic E-state index is 5.57. The van der Waals surface area contributed by atoms with E-state index in [1.54, 1.807) is 0 Å². The Kier molecular flexibility index (Phi) is 2.69. The van der Waals surface area contributed by atoms with Crippen molar-refractivity contribution in [2.45, 2.75) is 20.0 Å². The average molecular weight is 143 g/mol. The molecule has 0 amide bonds. The molecule has 1 heterocycles. The highest BCUT2D eigenvalue weighted by Gasteiger charge is 2.19. The van der Waals surface area contributed by atoms with E-state index in [4.69, 9.17) is 4.74 Å². The summed E-state index contributed by atoms with van der Waals surface area (Å²) in [6.45, 7) is 7.51. The quantitative estimate of drug-likeness (QED) is 0.542. The molecule has 1 rings (SSSR count). The summed E-state index contributed by atoms with van der Waals surface area (Å²) in [5.74, 6) is 0.655. The number of nitrogens with zero attached hydrogens (tertiary/aromatic N) is 1. The first-order chi connectivity index (χ1) is 4.70. The van der Waals surface area contributed by atoms with Gasteiger partial charge in [0.05, 0.1) is 12.7 Å². The minimum absolute atomic E-state index is 0.457. The summed E-state index contributed by atoms with van der Waals surface area (Å²) < 4.78 is 5.57. The van der Waals surface area contributed by atoms with Gasteiger partial charge in [-0.25, -0.2) is 0 Å². The standard InChI is InChI=1S/C8H17NO/c1-7(2)8-6-9(3)4-5-10-8/h7-8H,4-6H2,1-3H3/t8-/m1/s1. The van der Waals surface area contributed by atoms with Gasteiger partial charge in [-0.2, -0.15) is 0 Å². The number of hydrogen-bond donors (Lipinski definition) is 0. The molecule has 1 aliphatic rings. The van der Waals surface area contributed by atoms with Gasteiger partial charge < -0.3 is 9.64 Å². The topological polar surface area (TPSA) is 12.5 Å². The van der Waals surface area contributed by atoms with Gasteiger partial charge in [0.15, 0.2) is 0 Å². The van der Waals surface area contributed by atoms with Crippen LogP contribution < -0.4 is 0 Å². The van der Waals surface area contributed by atoms with Crippen LogP contribution in [0, 0.1) is 5.92 Å². The summed E-state index contributed by atoms with van der Waals surface area (Å²) in [7, 11) is 2.15. The molecule has 1 fully saturated rings. The average Bonchev–Trinajstić information content (AvgIpc) is 1.88. The maximum absolute atomic E-state index is 5.57. The molecule has 0 spiro atoms. The van der Waals surface area contributed by atoms with Crippen LogP contribution in [0.3, 0.4) is 0 Å². The van der Waals surface area contributed by atoms with E-state index in [-0.39, 0.29) is 0 Å². The molecule has 10 heavy (non-hydrogen) atoms. The van der Waals surface area contributed by atoms with Crippen molar-refractivity contribution in [1.29, 1.82) is 0 Å². The van der Waals surface area contributed by atoms with Gasteiger partial charge in [-0.05, 0) is 13.0 Å². The van der Waals surface area contributed by atoms with E-state index in [0.717, 1.165) is 19.7 Å². The predicted octanol–water partition coefficient (Wildman–Crippen LogP) is 0.973. The third kappa shape index (κ3) is 1.96. The van der Waals surface area contributed by atoms with Crippen LogP contribution in [0.2, 0.25) is 0 Å². The SMILES string of the molecule is CC(C)[C@H]1CN(C)CCO1. The molecule has 0 aromatic carbocycles. The third-order valence-electron chi connectivity index (χ3n) is 2.04. The van der Waals surface area contributed by atoms with Crippen LogP contribution in [0.5, 0.6) is 0 Å². The Hall–Kier alpha value is -0.0800. The van der Waals surface area contributed by atoms with E-state index in [2.05, 4.69) is 25.8 Å². The van der Waals surface area contributed by atoms with Crippen molar-refractivity contribution in [1.82, 2.24) is 4.90 Å². The van der Waals surface area contributed by atoms with E-state index >= 15 is 0 Å². The van der Waals surface area contributed by atoms with Crippen LogP contribution in [0.25, 0.3) is 0 Å². The molecule has 1 atom stereocenters. The van der Waals surface area contributed by atoms with Crippen LogP contribution >= 0.6 is 0 Å². The summed E-state index contributed by atoms with van der Waals surface area (Å²) in [5.41, 5.74) is 0. The van der Waals surface area contributed by atoms with Gasteiger partial charge in [0.1, 0.15) is 0 Å². The van der Waals surface area contributed by atoms with Crippen LogP contribution in [0.4, 0.5) is 0 Å². The van der Waals surface area contributed by atoms with Gasteiger partial charge in [-0.15, -0.1) is 0 Å². The zero-order valence-electron chi connectivity index (χ0n) is 7.13. The summed E-state index contributed by atoms with van der Waals surface area (Å²) in [6, 6.07) is 0. The van der Waals surface area contributed by atoms with Crippen molar-refractivity contribution in [2.75, 3.05) is 26.7 Å².